The third-order valence-electron chi connectivity index (χ3n) is 4.49. The number of nitrogens with zero attached hydrogens (tertiary/aromatic N) is 1. The van der Waals surface area contributed by atoms with Gasteiger partial charge in [-0.15, -0.1) is 0 Å². The molecule has 132 valence electrons. The summed E-state index contributed by atoms with van der Waals surface area (Å²) in [6, 6.07) is 5.11. The number of rotatable bonds is 6. The van der Waals surface area contributed by atoms with Crippen LogP contribution < -0.4 is 15.8 Å². The van der Waals surface area contributed by atoms with Gasteiger partial charge in [0.15, 0.2) is 0 Å². The molecule has 1 aliphatic carbocycles. The highest BCUT2D eigenvalue weighted by atomic mass is 16.5. The number of anilines is 1. The van der Waals surface area contributed by atoms with Gasteiger partial charge >= 0.3 is 0 Å². The van der Waals surface area contributed by atoms with Gasteiger partial charge in [0.05, 0.1) is 12.3 Å². The second kappa shape index (κ2) is 8.15. The Balaban J connectivity index is 2.19. The molecular weight excluding hydrogens is 306 g/mol. The van der Waals surface area contributed by atoms with Crippen LogP contribution >= 0.6 is 0 Å². The van der Waals surface area contributed by atoms with Crippen molar-refractivity contribution in [2.24, 2.45) is 17.6 Å². The lowest BCUT2D eigenvalue weighted by atomic mass is 9.95. The van der Waals surface area contributed by atoms with Gasteiger partial charge in [-0.3, -0.25) is 9.59 Å². The monoisotopic (exact) mass is 333 g/mol. The van der Waals surface area contributed by atoms with Gasteiger partial charge in [-0.25, -0.2) is 0 Å². The number of benzene rings is 1. The molecule has 24 heavy (non-hydrogen) atoms. The first-order valence-corrected chi connectivity index (χ1v) is 8.47. The summed E-state index contributed by atoms with van der Waals surface area (Å²) in [5.74, 6) is 0.590. The van der Waals surface area contributed by atoms with Gasteiger partial charge in [0, 0.05) is 25.6 Å². The highest BCUT2D eigenvalue weighted by molar-refractivity contribution is 5.97. The molecule has 3 N–H and O–H groups in total. The fourth-order valence-electron chi connectivity index (χ4n) is 3.18. The van der Waals surface area contributed by atoms with Crippen molar-refractivity contribution < 1.29 is 14.3 Å². The molecule has 6 heteroatoms. The van der Waals surface area contributed by atoms with E-state index in [0.29, 0.717) is 30.2 Å². The minimum Gasteiger partial charge on any atom is -0.492 e. The summed E-state index contributed by atoms with van der Waals surface area (Å²) in [5, 5.41) is 2.95. The van der Waals surface area contributed by atoms with Gasteiger partial charge in [0.2, 0.25) is 5.91 Å². The van der Waals surface area contributed by atoms with Crippen LogP contribution in [0.5, 0.6) is 5.75 Å². The molecule has 0 bridgehead atoms. The molecule has 0 unspecified atom stereocenters. The Morgan fingerprint density at radius 3 is 2.71 bits per heavy atom. The van der Waals surface area contributed by atoms with E-state index in [1.54, 1.807) is 32.3 Å². The Bertz CT molecular complexity index is 601. The minimum atomic E-state index is -0.104. The normalized spacial score (nSPS) is 19.8. The molecule has 1 fully saturated rings. The van der Waals surface area contributed by atoms with Gasteiger partial charge in [-0.2, -0.15) is 0 Å². The SMILES string of the molecule is CCOc1cc(C(=O)N(C)C)ccc1NC(=O)[C@@H]1CCC[C@@H]1CN. The van der Waals surface area contributed by atoms with E-state index in [0.717, 1.165) is 19.3 Å². The van der Waals surface area contributed by atoms with Gasteiger partial charge in [0.1, 0.15) is 5.75 Å². The molecule has 0 heterocycles. The number of nitrogens with one attached hydrogen (secondary N) is 1. The summed E-state index contributed by atoms with van der Waals surface area (Å²) >= 11 is 0. The van der Waals surface area contributed by atoms with E-state index in [2.05, 4.69) is 5.32 Å². The molecule has 2 amide bonds. The van der Waals surface area contributed by atoms with E-state index in [-0.39, 0.29) is 23.7 Å². The fourth-order valence-corrected chi connectivity index (χ4v) is 3.18. The average Bonchev–Trinajstić information content (AvgIpc) is 3.04. The Morgan fingerprint density at radius 1 is 1.33 bits per heavy atom. The molecule has 6 nitrogen and oxygen atoms in total. The Hall–Kier alpha value is -2.08. The summed E-state index contributed by atoms with van der Waals surface area (Å²) in [6.07, 6.45) is 2.91. The van der Waals surface area contributed by atoms with E-state index < -0.39 is 0 Å². The lowest BCUT2D eigenvalue weighted by Gasteiger charge is -2.19. The van der Waals surface area contributed by atoms with Crippen LogP contribution in [0, 0.1) is 11.8 Å². The molecule has 2 rings (SSSR count). The lowest BCUT2D eigenvalue weighted by Crippen LogP contribution is -2.30. The first kappa shape index (κ1) is 18.3. The fraction of sp³-hybridized carbons (Fsp3) is 0.556. The number of amides is 2. The minimum absolute atomic E-state index is 0.0180. The van der Waals surface area contributed by atoms with Gasteiger partial charge in [-0.05, 0) is 50.4 Å². The molecule has 0 aromatic heterocycles. The van der Waals surface area contributed by atoms with Crippen molar-refractivity contribution in [3.63, 3.8) is 0 Å². The van der Waals surface area contributed by atoms with Crippen molar-refractivity contribution in [1.82, 2.24) is 4.90 Å². The van der Waals surface area contributed by atoms with Crippen molar-refractivity contribution >= 4 is 17.5 Å². The topological polar surface area (TPSA) is 84.7 Å². The standard InChI is InChI=1S/C18H27N3O3/c1-4-24-16-10-12(18(23)21(2)3)8-9-15(16)20-17(22)14-7-5-6-13(14)11-19/h8-10,13-14H,4-7,11,19H2,1-3H3,(H,20,22)/t13-,14-/m1/s1. The molecule has 0 saturated heterocycles. The summed E-state index contributed by atoms with van der Waals surface area (Å²) in [7, 11) is 3.40. The number of nitrogens with two attached hydrogens (primary N) is 1. The van der Waals surface area contributed by atoms with Crippen molar-refractivity contribution in [1.29, 1.82) is 0 Å². The van der Waals surface area contributed by atoms with Gasteiger partial charge in [-0.1, -0.05) is 6.42 Å². The van der Waals surface area contributed by atoms with Crippen molar-refractivity contribution in [2.75, 3.05) is 32.6 Å². The predicted molar refractivity (Wildman–Crippen MR) is 94.1 cm³/mol. The van der Waals surface area contributed by atoms with Crippen LogP contribution in [-0.2, 0) is 4.79 Å². The summed E-state index contributed by atoms with van der Waals surface area (Å²) < 4.78 is 5.61. The molecule has 0 aliphatic heterocycles. The maximum absolute atomic E-state index is 12.6. The molecule has 0 radical (unpaired) electrons. The average molecular weight is 333 g/mol. The second-order valence-corrected chi connectivity index (χ2v) is 6.37. The number of ether oxygens (including phenoxy) is 1. The van der Waals surface area contributed by atoms with Crippen molar-refractivity contribution in [3.05, 3.63) is 23.8 Å². The molecule has 1 aromatic carbocycles. The lowest BCUT2D eigenvalue weighted by molar-refractivity contribution is -0.120. The zero-order chi connectivity index (χ0) is 17.7. The van der Waals surface area contributed by atoms with Crippen LogP contribution in [0.3, 0.4) is 0 Å². The third-order valence-corrected chi connectivity index (χ3v) is 4.49. The van der Waals surface area contributed by atoms with Crippen LogP contribution in [0.1, 0.15) is 36.5 Å². The van der Waals surface area contributed by atoms with Gasteiger partial charge < -0.3 is 20.7 Å². The molecule has 0 spiro atoms. The highest BCUT2D eigenvalue weighted by Gasteiger charge is 2.32. The second-order valence-electron chi connectivity index (χ2n) is 6.37. The van der Waals surface area contributed by atoms with Gasteiger partial charge in [0.25, 0.3) is 5.91 Å². The molecule has 1 aliphatic rings. The maximum atomic E-state index is 12.6. The van der Waals surface area contributed by atoms with E-state index >= 15 is 0 Å². The number of hydrogen-bond donors (Lipinski definition) is 2. The largest absolute Gasteiger partial charge is 0.492 e. The molecule has 2 atom stereocenters. The highest BCUT2D eigenvalue weighted by Crippen LogP contribution is 2.33. The van der Waals surface area contributed by atoms with E-state index in [1.165, 1.54) is 4.90 Å². The van der Waals surface area contributed by atoms with Crippen LogP contribution in [-0.4, -0.2) is 44.0 Å². The third kappa shape index (κ3) is 4.06. The van der Waals surface area contributed by atoms with Crippen LogP contribution in [0.15, 0.2) is 18.2 Å². The molecule has 1 aromatic rings. The maximum Gasteiger partial charge on any atom is 0.253 e. The Morgan fingerprint density at radius 2 is 2.08 bits per heavy atom. The van der Waals surface area contributed by atoms with Crippen LogP contribution in [0.2, 0.25) is 0 Å². The number of carbonyl (C=O) groups excluding carboxylic acids is 2. The van der Waals surface area contributed by atoms with Crippen molar-refractivity contribution in [3.8, 4) is 5.75 Å². The first-order valence-electron chi connectivity index (χ1n) is 8.47. The summed E-state index contributed by atoms with van der Waals surface area (Å²) in [6.45, 7) is 2.86. The van der Waals surface area contributed by atoms with E-state index in [9.17, 15) is 9.59 Å². The summed E-state index contributed by atoms with van der Waals surface area (Å²) in [5.41, 5.74) is 6.89. The molecular formula is C18H27N3O3. The van der Waals surface area contributed by atoms with Crippen LogP contribution in [0.25, 0.3) is 0 Å². The first-order chi connectivity index (χ1) is 11.5. The predicted octanol–water partition coefficient (Wildman–Crippen LogP) is 2.10. The zero-order valence-corrected chi connectivity index (χ0v) is 14.7. The number of carbonyl (C=O) groups is 2. The number of hydrogen-bond acceptors (Lipinski definition) is 4. The molecule has 1 saturated carbocycles. The van der Waals surface area contributed by atoms with Crippen LogP contribution in [0.4, 0.5) is 5.69 Å². The smallest absolute Gasteiger partial charge is 0.253 e. The van der Waals surface area contributed by atoms with E-state index in [4.69, 9.17) is 10.5 Å². The van der Waals surface area contributed by atoms with E-state index in [1.807, 2.05) is 6.92 Å². The Kier molecular flexibility index (Phi) is 6.20. The quantitative estimate of drug-likeness (QED) is 0.835. The van der Waals surface area contributed by atoms with Crippen molar-refractivity contribution in [2.45, 2.75) is 26.2 Å². The Labute approximate surface area is 143 Å². The summed E-state index contributed by atoms with van der Waals surface area (Å²) in [4.78, 5) is 26.2. The zero-order valence-electron chi connectivity index (χ0n) is 14.7.